The number of rotatable bonds is 8. The van der Waals surface area contributed by atoms with Crippen LogP contribution in [0.2, 0.25) is 0 Å². The SMILES string of the molecule is CNC(C)CNC(=O)CCCOc1ccccc1F. The Kier molecular flexibility index (Phi) is 6.89. The van der Waals surface area contributed by atoms with Gasteiger partial charge in [-0.15, -0.1) is 0 Å². The van der Waals surface area contributed by atoms with Crippen LogP contribution in [0.5, 0.6) is 5.75 Å². The van der Waals surface area contributed by atoms with Crippen molar-refractivity contribution in [3.63, 3.8) is 0 Å². The molecule has 0 radical (unpaired) electrons. The molecule has 1 aromatic rings. The molecule has 0 fully saturated rings. The average Bonchev–Trinajstić information content (AvgIpc) is 2.42. The van der Waals surface area contributed by atoms with Gasteiger partial charge in [-0.3, -0.25) is 4.79 Å². The summed E-state index contributed by atoms with van der Waals surface area (Å²) < 4.78 is 18.5. The van der Waals surface area contributed by atoms with E-state index in [0.29, 0.717) is 26.0 Å². The highest BCUT2D eigenvalue weighted by Gasteiger charge is 2.05. The van der Waals surface area contributed by atoms with E-state index in [1.807, 2.05) is 14.0 Å². The lowest BCUT2D eigenvalue weighted by Crippen LogP contribution is -2.37. The number of hydrogen-bond donors (Lipinski definition) is 2. The van der Waals surface area contributed by atoms with E-state index < -0.39 is 0 Å². The van der Waals surface area contributed by atoms with E-state index >= 15 is 0 Å². The van der Waals surface area contributed by atoms with Crippen LogP contribution in [-0.4, -0.2) is 32.1 Å². The van der Waals surface area contributed by atoms with E-state index in [-0.39, 0.29) is 23.5 Å². The van der Waals surface area contributed by atoms with Gasteiger partial charge in [-0.1, -0.05) is 12.1 Å². The Labute approximate surface area is 113 Å². The Morgan fingerprint density at radius 2 is 2.16 bits per heavy atom. The van der Waals surface area contributed by atoms with Crippen molar-refractivity contribution in [1.82, 2.24) is 10.6 Å². The fraction of sp³-hybridized carbons (Fsp3) is 0.500. The molecular weight excluding hydrogens is 247 g/mol. The topological polar surface area (TPSA) is 50.4 Å². The number of amides is 1. The molecule has 0 aliphatic rings. The van der Waals surface area contributed by atoms with Crippen LogP contribution in [0.25, 0.3) is 0 Å². The minimum Gasteiger partial charge on any atom is -0.491 e. The second-order valence-electron chi connectivity index (χ2n) is 4.38. The van der Waals surface area contributed by atoms with Crippen molar-refractivity contribution in [2.75, 3.05) is 20.2 Å². The third-order valence-corrected chi connectivity index (χ3v) is 2.74. The van der Waals surface area contributed by atoms with Crippen molar-refractivity contribution in [1.29, 1.82) is 0 Å². The summed E-state index contributed by atoms with van der Waals surface area (Å²) in [7, 11) is 1.85. The predicted molar refractivity (Wildman–Crippen MR) is 72.7 cm³/mol. The molecule has 0 spiro atoms. The Bertz CT molecular complexity index is 399. The summed E-state index contributed by atoms with van der Waals surface area (Å²) in [6, 6.07) is 6.49. The first-order valence-corrected chi connectivity index (χ1v) is 6.44. The van der Waals surface area contributed by atoms with Gasteiger partial charge in [0, 0.05) is 19.0 Å². The van der Waals surface area contributed by atoms with Crippen molar-refractivity contribution in [2.45, 2.75) is 25.8 Å². The number of likely N-dealkylation sites (N-methyl/N-ethyl adjacent to an activating group) is 1. The molecule has 1 unspecified atom stereocenters. The van der Waals surface area contributed by atoms with Gasteiger partial charge in [0.15, 0.2) is 11.6 Å². The van der Waals surface area contributed by atoms with E-state index in [4.69, 9.17) is 4.74 Å². The Balaban J connectivity index is 2.14. The highest BCUT2D eigenvalue weighted by Crippen LogP contribution is 2.15. The quantitative estimate of drug-likeness (QED) is 0.706. The van der Waals surface area contributed by atoms with Gasteiger partial charge in [-0.05, 0) is 32.5 Å². The van der Waals surface area contributed by atoms with Gasteiger partial charge in [0.1, 0.15) is 0 Å². The lowest BCUT2D eigenvalue weighted by molar-refractivity contribution is -0.121. The summed E-state index contributed by atoms with van der Waals surface area (Å²) in [5.74, 6) is -0.166. The van der Waals surface area contributed by atoms with Gasteiger partial charge < -0.3 is 15.4 Å². The average molecular weight is 268 g/mol. The molecule has 1 rings (SSSR count). The summed E-state index contributed by atoms with van der Waals surface area (Å²) in [4.78, 5) is 11.5. The van der Waals surface area contributed by atoms with E-state index in [1.54, 1.807) is 18.2 Å². The molecule has 0 saturated carbocycles. The van der Waals surface area contributed by atoms with Crippen molar-refractivity contribution in [3.8, 4) is 5.75 Å². The lowest BCUT2D eigenvalue weighted by Gasteiger charge is -2.11. The van der Waals surface area contributed by atoms with Crippen molar-refractivity contribution < 1.29 is 13.9 Å². The molecule has 2 N–H and O–H groups in total. The maximum Gasteiger partial charge on any atom is 0.220 e. The van der Waals surface area contributed by atoms with Crippen LogP contribution < -0.4 is 15.4 Å². The van der Waals surface area contributed by atoms with Gasteiger partial charge in [-0.2, -0.15) is 0 Å². The summed E-state index contributed by atoms with van der Waals surface area (Å²) >= 11 is 0. The van der Waals surface area contributed by atoms with Crippen LogP contribution in [0.1, 0.15) is 19.8 Å². The summed E-state index contributed by atoms with van der Waals surface area (Å²) in [6.07, 6.45) is 0.943. The molecule has 5 heteroatoms. The lowest BCUT2D eigenvalue weighted by atomic mass is 10.3. The molecule has 0 bridgehead atoms. The molecule has 0 aliphatic carbocycles. The zero-order chi connectivity index (χ0) is 14.1. The molecule has 1 amide bonds. The molecule has 106 valence electrons. The summed E-state index contributed by atoms with van der Waals surface area (Å²) in [6.45, 7) is 2.92. The Morgan fingerprint density at radius 3 is 2.84 bits per heavy atom. The van der Waals surface area contributed by atoms with Crippen LogP contribution in [0.15, 0.2) is 24.3 Å². The van der Waals surface area contributed by atoms with Crippen LogP contribution >= 0.6 is 0 Å². The monoisotopic (exact) mass is 268 g/mol. The van der Waals surface area contributed by atoms with Gasteiger partial charge >= 0.3 is 0 Å². The third-order valence-electron chi connectivity index (χ3n) is 2.74. The zero-order valence-corrected chi connectivity index (χ0v) is 11.4. The Morgan fingerprint density at radius 1 is 1.42 bits per heavy atom. The number of carbonyl (C=O) groups is 1. The van der Waals surface area contributed by atoms with Crippen LogP contribution in [0.4, 0.5) is 4.39 Å². The largest absolute Gasteiger partial charge is 0.491 e. The zero-order valence-electron chi connectivity index (χ0n) is 11.4. The van der Waals surface area contributed by atoms with Gasteiger partial charge in [0.25, 0.3) is 0 Å². The van der Waals surface area contributed by atoms with Crippen LogP contribution in [0.3, 0.4) is 0 Å². The smallest absolute Gasteiger partial charge is 0.220 e. The fourth-order valence-corrected chi connectivity index (χ4v) is 1.43. The first kappa shape index (κ1) is 15.4. The van der Waals surface area contributed by atoms with Crippen molar-refractivity contribution in [2.24, 2.45) is 0 Å². The maximum atomic E-state index is 13.2. The maximum absolute atomic E-state index is 13.2. The van der Waals surface area contributed by atoms with E-state index in [2.05, 4.69) is 10.6 Å². The summed E-state index contributed by atoms with van der Waals surface area (Å²) in [5, 5.41) is 5.85. The normalized spacial score (nSPS) is 11.9. The minimum atomic E-state index is -0.380. The molecule has 19 heavy (non-hydrogen) atoms. The number of halogens is 1. The van der Waals surface area contributed by atoms with Crippen LogP contribution in [-0.2, 0) is 4.79 Å². The minimum absolute atomic E-state index is 0.0146. The Hall–Kier alpha value is -1.62. The molecule has 1 atom stereocenters. The molecule has 0 aliphatic heterocycles. The van der Waals surface area contributed by atoms with E-state index in [1.165, 1.54) is 6.07 Å². The van der Waals surface area contributed by atoms with Crippen molar-refractivity contribution in [3.05, 3.63) is 30.1 Å². The molecule has 0 heterocycles. The van der Waals surface area contributed by atoms with Gasteiger partial charge in [0.05, 0.1) is 6.61 Å². The highest BCUT2D eigenvalue weighted by molar-refractivity contribution is 5.75. The second kappa shape index (κ2) is 8.48. The second-order valence-corrected chi connectivity index (χ2v) is 4.38. The van der Waals surface area contributed by atoms with Crippen LogP contribution in [0, 0.1) is 5.82 Å². The fourth-order valence-electron chi connectivity index (χ4n) is 1.43. The standard InChI is InChI=1S/C14H21FN2O2/c1-11(16-2)10-17-14(18)8-5-9-19-13-7-4-3-6-12(13)15/h3-4,6-7,11,16H,5,8-10H2,1-2H3,(H,17,18). The number of nitrogens with one attached hydrogen (secondary N) is 2. The molecule has 0 aromatic heterocycles. The number of carbonyl (C=O) groups excluding carboxylic acids is 1. The van der Waals surface area contributed by atoms with E-state index in [9.17, 15) is 9.18 Å². The first-order valence-electron chi connectivity index (χ1n) is 6.44. The predicted octanol–water partition coefficient (Wildman–Crippen LogP) is 1.71. The molecule has 4 nitrogen and oxygen atoms in total. The number of para-hydroxylation sites is 1. The van der Waals surface area contributed by atoms with Gasteiger partial charge in [0.2, 0.25) is 5.91 Å². The van der Waals surface area contributed by atoms with E-state index in [0.717, 1.165) is 0 Å². The summed E-state index contributed by atoms with van der Waals surface area (Å²) in [5.41, 5.74) is 0. The molecular formula is C14H21FN2O2. The molecule has 1 aromatic carbocycles. The van der Waals surface area contributed by atoms with Crippen molar-refractivity contribution >= 4 is 5.91 Å². The van der Waals surface area contributed by atoms with Gasteiger partial charge in [-0.25, -0.2) is 4.39 Å². The first-order chi connectivity index (χ1) is 9.13. The number of benzene rings is 1. The number of ether oxygens (including phenoxy) is 1. The molecule has 0 saturated heterocycles. The third kappa shape index (κ3) is 6.20. The highest BCUT2D eigenvalue weighted by atomic mass is 19.1. The number of hydrogen-bond acceptors (Lipinski definition) is 3.